The molecule has 11 heteroatoms. The van der Waals surface area contributed by atoms with E-state index >= 15 is 0 Å². The number of alkyl halides is 2. The van der Waals surface area contributed by atoms with E-state index in [-0.39, 0.29) is 0 Å². The van der Waals surface area contributed by atoms with Crippen LogP contribution in [-0.4, -0.2) is 58.9 Å². The zero-order valence-corrected chi connectivity index (χ0v) is 14.5. The molecule has 1 aliphatic rings. The second-order valence-corrected chi connectivity index (χ2v) is 6.26. The largest absolute Gasteiger partial charge is 0.377 e. The van der Waals surface area contributed by atoms with Gasteiger partial charge in [-0.2, -0.15) is 9.47 Å². The SMILES string of the molecule is COCc1nsc(N2CCN(c3cnn(CC(F)F)c(=O)c3)CC2)n1. The van der Waals surface area contributed by atoms with Gasteiger partial charge in [-0.3, -0.25) is 4.79 Å². The smallest absolute Gasteiger partial charge is 0.269 e. The van der Waals surface area contributed by atoms with Gasteiger partial charge in [0.15, 0.2) is 5.82 Å². The number of hydrogen-bond acceptors (Lipinski definition) is 8. The van der Waals surface area contributed by atoms with Crippen LogP contribution in [0.5, 0.6) is 0 Å². The number of nitrogens with zero attached hydrogens (tertiary/aromatic N) is 6. The molecule has 25 heavy (non-hydrogen) atoms. The van der Waals surface area contributed by atoms with Crippen molar-refractivity contribution in [2.45, 2.75) is 19.6 Å². The summed E-state index contributed by atoms with van der Waals surface area (Å²) in [5, 5.41) is 4.67. The van der Waals surface area contributed by atoms with E-state index in [1.54, 1.807) is 7.11 Å². The molecule has 8 nitrogen and oxygen atoms in total. The van der Waals surface area contributed by atoms with Crippen molar-refractivity contribution in [2.75, 3.05) is 43.1 Å². The average molecular weight is 372 g/mol. The minimum absolute atomic E-state index is 0.386. The Kier molecular flexibility index (Phi) is 5.53. The van der Waals surface area contributed by atoms with Crippen molar-refractivity contribution in [2.24, 2.45) is 0 Å². The third-order valence-corrected chi connectivity index (χ3v) is 4.63. The van der Waals surface area contributed by atoms with Crippen molar-refractivity contribution < 1.29 is 13.5 Å². The predicted molar refractivity (Wildman–Crippen MR) is 89.5 cm³/mol. The van der Waals surface area contributed by atoms with Crippen molar-refractivity contribution in [1.82, 2.24) is 19.1 Å². The number of piperazine rings is 1. The summed E-state index contributed by atoms with van der Waals surface area (Å²) in [6, 6.07) is 1.35. The van der Waals surface area contributed by atoms with E-state index in [2.05, 4.69) is 19.4 Å². The minimum atomic E-state index is -2.60. The first kappa shape index (κ1) is 17.7. The van der Waals surface area contributed by atoms with Gasteiger partial charge in [0.25, 0.3) is 12.0 Å². The minimum Gasteiger partial charge on any atom is -0.377 e. The van der Waals surface area contributed by atoms with Crippen LogP contribution in [0.3, 0.4) is 0 Å². The van der Waals surface area contributed by atoms with Crippen molar-refractivity contribution in [1.29, 1.82) is 0 Å². The first-order valence-electron chi connectivity index (χ1n) is 7.73. The second kappa shape index (κ2) is 7.83. The van der Waals surface area contributed by atoms with E-state index in [0.29, 0.717) is 31.2 Å². The molecule has 0 N–H and O–H groups in total. The Bertz CT molecular complexity index is 760. The van der Waals surface area contributed by atoms with Crippen LogP contribution in [0.1, 0.15) is 5.82 Å². The van der Waals surface area contributed by atoms with E-state index < -0.39 is 18.5 Å². The summed E-state index contributed by atoms with van der Waals surface area (Å²) in [5.74, 6) is 0.664. The summed E-state index contributed by atoms with van der Waals surface area (Å²) < 4.78 is 34.8. The van der Waals surface area contributed by atoms with Gasteiger partial charge < -0.3 is 14.5 Å². The fourth-order valence-electron chi connectivity index (χ4n) is 2.58. The average Bonchev–Trinajstić information content (AvgIpc) is 3.05. The normalized spacial score (nSPS) is 15.2. The lowest BCUT2D eigenvalue weighted by atomic mass is 10.3. The molecule has 0 saturated carbocycles. The zero-order valence-electron chi connectivity index (χ0n) is 13.6. The quantitative estimate of drug-likeness (QED) is 0.743. The van der Waals surface area contributed by atoms with Crippen LogP contribution < -0.4 is 15.4 Å². The number of aromatic nitrogens is 4. The van der Waals surface area contributed by atoms with E-state index in [1.807, 2.05) is 4.90 Å². The van der Waals surface area contributed by atoms with Crippen LogP contribution in [0.15, 0.2) is 17.1 Å². The van der Waals surface area contributed by atoms with Crippen LogP contribution in [0.2, 0.25) is 0 Å². The molecule has 2 aromatic heterocycles. The molecule has 0 unspecified atom stereocenters. The van der Waals surface area contributed by atoms with Gasteiger partial charge >= 0.3 is 0 Å². The molecule has 1 fully saturated rings. The van der Waals surface area contributed by atoms with Crippen LogP contribution in [0, 0.1) is 0 Å². The van der Waals surface area contributed by atoms with Gasteiger partial charge in [0.2, 0.25) is 5.13 Å². The summed E-state index contributed by atoms with van der Waals surface area (Å²) in [5.41, 5.74) is 0.126. The molecule has 3 rings (SSSR count). The zero-order chi connectivity index (χ0) is 17.8. The topological polar surface area (TPSA) is 76.4 Å². The summed E-state index contributed by atoms with van der Waals surface area (Å²) in [6.45, 7) is 2.51. The van der Waals surface area contributed by atoms with Crippen molar-refractivity contribution in [3.63, 3.8) is 0 Å². The third kappa shape index (κ3) is 4.28. The summed E-state index contributed by atoms with van der Waals surface area (Å²) in [7, 11) is 1.60. The van der Waals surface area contributed by atoms with Crippen LogP contribution in [-0.2, 0) is 17.9 Å². The number of rotatable bonds is 6. The molecule has 1 aliphatic heterocycles. The molecule has 136 valence electrons. The molecule has 0 radical (unpaired) electrons. The first-order chi connectivity index (χ1) is 12.1. The Balaban J connectivity index is 1.61. The van der Waals surface area contributed by atoms with Gasteiger partial charge in [-0.25, -0.2) is 18.4 Å². The van der Waals surface area contributed by atoms with E-state index in [1.165, 1.54) is 23.8 Å². The molecule has 0 atom stereocenters. The van der Waals surface area contributed by atoms with E-state index in [4.69, 9.17) is 4.74 Å². The van der Waals surface area contributed by atoms with E-state index in [9.17, 15) is 13.6 Å². The molecule has 0 aromatic carbocycles. The highest BCUT2D eigenvalue weighted by Gasteiger charge is 2.21. The van der Waals surface area contributed by atoms with Gasteiger partial charge in [0.1, 0.15) is 13.2 Å². The highest BCUT2D eigenvalue weighted by Crippen LogP contribution is 2.21. The Hall–Kier alpha value is -2.14. The number of ether oxygens (including phenoxy) is 1. The summed E-state index contributed by atoms with van der Waals surface area (Å²) in [4.78, 5) is 20.4. The molecular formula is C14H18F2N6O2S. The maximum atomic E-state index is 12.4. The molecule has 0 bridgehead atoms. The molecule has 0 spiro atoms. The van der Waals surface area contributed by atoms with Crippen molar-refractivity contribution >= 4 is 22.4 Å². The third-order valence-electron chi connectivity index (χ3n) is 3.81. The standard InChI is InChI=1S/C14H18F2N6O2S/c1-24-9-12-18-14(25-19-12)21-4-2-20(3-5-21)10-6-13(23)22(17-7-10)8-11(15)16/h6-7,11H,2-5,8-9H2,1H3. The lowest BCUT2D eigenvalue weighted by Crippen LogP contribution is -2.47. The van der Waals surface area contributed by atoms with Gasteiger partial charge in [-0.15, -0.1) is 0 Å². The number of hydrogen-bond donors (Lipinski definition) is 0. The maximum Gasteiger partial charge on any atom is 0.269 e. The summed E-state index contributed by atoms with van der Waals surface area (Å²) >= 11 is 1.33. The van der Waals surface area contributed by atoms with E-state index in [0.717, 1.165) is 22.9 Å². The fraction of sp³-hybridized carbons (Fsp3) is 0.571. The Labute approximate surface area is 146 Å². The van der Waals surface area contributed by atoms with Crippen molar-refractivity contribution in [3.8, 4) is 0 Å². The molecular weight excluding hydrogens is 354 g/mol. The Morgan fingerprint density at radius 3 is 2.64 bits per heavy atom. The number of anilines is 2. The summed E-state index contributed by atoms with van der Waals surface area (Å²) in [6.07, 6.45) is -1.14. The fourth-order valence-corrected chi connectivity index (χ4v) is 3.31. The number of halogens is 2. The second-order valence-electron chi connectivity index (χ2n) is 5.53. The number of methoxy groups -OCH3 is 1. The molecule has 0 amide bonds. The van der Waals surface area contributed by atoms with Crippen LogP contribution in [0.4, 0.5) is 19.6 Å². The van der Waals surface area contributed by atoms with Crippen molar-refractivity contribution in [3.05, 3.63) is 28.4 Å². The lowest BCUT2D eigenvalue weighted by Gasteiger charge is -2.35. The molecule has 3 heterocycles. The highest BCUT2D eigenvalue weighted by atomic mass is 32.1. The lowest BCUT2D eigenvalue weighted by molar-refractivity contribution is 0.119. The molecule has 0 aliphatic carbocycles. The maximum absolute atomic E-state index is 12.4. The van der Waals surface area contributed by atoms with Gasteiger partial charge in [-0.05, 0) is 0 Å². The van der Waals surface area contributed by atoms with Gasteiger partial charge in [0.05, 0.1) is 11.9 Å². The Morgan fingerprint density at radius 2 is 2.00 bits per heavy atom. The van der Waals surface area contributed by atoms with Crippen LogP contribution in [0.25, 0.3) is 0 Å². The monoisotopic (exact) mass is 372 g/mol. The Morgan fingerprint density at radius 1 is 1.28 bits per heavy atom. The van der Waals surface area contributed by atoms with Gasteiger partial charge in [0, 0.05) is 50.9 Å². The molecule has 1 saturated heterocycles. The van der Waals surface area contributed by atoms with Gasteiger partial charge in [-0.1, -0.05) is 0 Å². The molecule has 2 aromatic rings. The first-order valence-corrected chi connectivity index (χ1v) is 8.51. The van der Waals surface area contributed by atoms with Crippen LogP contribution >= 0.6 is 11.5 Å². The predicted octanol–water partition coefficient (Wildman–Crippen LogP) is 0.833. The highest BCUT2D eigenvalue weighted by molar-refractivity contribution is 7.09.